The average molecular weight is 861 g/mol. The first-order chi connectivity index (χ1) is 19.1. The molecule has 232 valence electrons. The Morgan fingerprint density at radius 2 is 1.55 bits per heavy atom. The first kappa shape index (κ1) is 35.9. The molecule has 2 heterocycles. The number of amides is 3. The van der Waals surface area contributed by atoms with E-state index in [9.17, 15) is 27.6 Å². The van der Waals surface area contributed by atoms with Crippen LogP contribution >= 0.6 is 0 Å². The number of nitrogens with one attached hydrogen (secondary N) is 1. The van der Waals surface area contributed by atoms with Gasteiger partial charge in [-0.2, -0.15) is 4.31 Å². The Hall–Kier alpha value is -4.12. The molecule has 1 aromatic carbocycles. The van der Waals surface area contributed by atoms with E-state index in [0.717, 1.165) is 11.8 Å². The van der Waals surface area contributed by atoms with Crippen molar-refractivity contribution in [3.63, 3.8) is 0 Å². The van der Waals surface area contributed by atoms with Gasteiger partial charge in [-0.15, -0.1) is 5.41 Å². The van der Waals surface area contributed by atoms with Crippen molar-refractivity contribution >= 4 is 33.7 Å². The summed E-state index contributed by atoms with van der Waals surface area (Å²) in [7, 11) is -3.52. The summed E-state index contributed by atoms with van der Waals surface area (Å²) < 4.78 is 30.6. The normalized spacial score (nSPS) is 18.1. The van der Waals surface area contributed by atoms with E-state index in [4.69, 9.17) is 4.74 Å². The predicted molar refractivity (Wildman–Crippen MR) is 157 cm³/mol. The monoisotopic (exact) mass is 860 g/mol. The zero-order valence-electron chi connectivity index (χ0n) is 26.0. The van der Waals surface area contributed by atoms with Crippen LogP contribution in [0.1, 0.15) is 59.9 Å². The van der Waals surface area contributed by atoms with Crippen molar-refractivity contribution in [3.8, 4) is 5.75 Å². The minimum atomic E-state index is -3.52. The van der Waals surface area contributed by atoms with Crippen molar-refractivity contribution in [2.75, 3.05) is 39.0 Å². The molecule has 1 unspecified atom stereocenters. The maximum atomic E-state index is 12.8. The Morgan fingerprint density at radius 3 is 2.05 bits per heavy atom. The molecule has 1 aromatic rings. The summed E-state index contributed by atoms with van der Waals surface area (Å²) in [6.45, 7) is 13.2. The number of ketones is 1. The maximum Gasteiger partial charge on any atom is 0.415 e. The van der Waals surface area contributed by atoms with Crippen LogP contribution in [0.5, 0.6) is 5.75 Å². The predicted octanol–water partition coefficient (Wildman–Crippen LogP) is 2.65. The Morgan fingerprint density at radius 1 is 1.00 bits per heavy atom. The number of carbonyl (C=O) groups is 4. The van der Waals surface area contributed by atoms with Gasteiger partial charge in [0, 0.05) is 32.7 Å². The average Bonchev–Trinajstić information content (AvgIpc) is 3.41. The van der Waals surface area contributed by atoms with Gasteiger partial charge in [0.2, 0.25) is 15.9 Å². The van der Waals surface area contributed by atoms with Gasteiger partial charge in [-0.1, -0.05) is 46.8 Å². The maximum absolute atomic E-state index is 12.8. The van der Waals surface area contributed by atoms with Crippen molar-refractivity contribution in [1.29, 1.82) is 0 Å². The number of ether oxygens (including phenoxy) is 1. The second-order valence-corrected chi connectivity index (χ2v) is 13.2. The fourth-order valence-electron chi connectivity index (χ4n) is 4.63. The van der Waals surface area contributed by atoms with Gasteiger partial charge < -0.3 is 24.6 Å². The third kappa shape index (κ3) is 10.4. The van der Waals surface area contributed by atoms with Crippen molar-refractivity contribution in [2.24, 2.45) is 5.41 Å². The standard InChI is InChI=1S/C27H39N4O7S.C2H6.Rf/c1-19(32)22(28-25(34)23-7-6-12-31(23)39(5,36)37)17-20-8-10-21(11-9-20)38-26(35)30-15-13-29(14-16-30)24(33)18-27(2,3)4;1-2;/h8-11,18,22-23H,6-7,12-17H2,1-5H3,(H,28,34);1-2H3;/q-1;;/t22-,23?;;/m0../s1. The first-order valence-electron chi connectivity index (χ1n) is 14.1. The number of carbonyl (C=O) groups excluding carboxylic acids is 4. The smallest absolute Gasteiger partial charge is 0.410 e. The SMILES string of the molecule is CC.CC(=O)[C@H](Cc1ccc(OC(=O)N2CCN(C(=O)[CH-]C(C)(C)C)CC2)cc1)NC(=O)C1CCCN1S(C)(=O)=O.[Rf]. The molecular formula is C29H45N4O7RfS-. The number of piperazine rings is 1. The summed E-state index contributed by atoms with van der Waals surface area (Å²) in [6, 6.07) is 5.02. The van der Waals surface area contributed by atoms with E-state index in [1.165, 1.54) is 11.2 Å². The third-order valence-electron chi connectivity index (χ3n) is 6.71. The van der Waals surface area contributed by atoms with E-state index in [0.29, 0.717) is 44.8 Å². The van der Waals surface area contributed by atoms with Crippen LogP contribution in [-0.4, -0.2) is 97.3 Å². The number of rotatable bonds is 8. The minimum absolute atomic E-state index is 0. The van der Waals surface area contributed by atoms with Crippen LogP contribution in [0.25, 0.3) is 0 Å². The zero-order valence-corrected chi connectivity index (χ0v) is 33.2. The van der Waals surface area contributed by atoms with Crippen LogP contribution in [0.3, 0.4) is 0 Å². The molecule has 13 heteroatoms. The van der Waals surface area contributed by atoms with Gasteiger partial charge in [-0.25, -0.2) is 13.2 Å². The van der Waals surface area contributed by atoms with E-state index in [-0.39, 0.29) is 30.1 Å². The van der Waals surface area contributed by atoms with Crippen molar-refractivity contribution in [2.45, 2.75) is 72.9 Å². The summed E-state index contributed by atoms with van der Waals surface area (Å²) in [6.07, 6.45) is 3.45. The van der Waals surface area contributed by atoms with Crippen LogP contribution in [-0.2, 0) is 30.8 Å². The van der Waals surface area contributed by atoms with E-state index in [2.05, 4.69) is 5.32 Å². The molecule has 42 heavy (non-hydrogen) atoms. The number of nitrogens with zero attached hydrogens (tertiary/aromatic N) is 3. The van der Waals surface area contributed by atoms with E-state index in [1.807, 2.05) is 34.6 Å². The molecule has 3 rings (SSSR count). The second-order valence-electron chi connectivity index (χ2n) is 11.2. The third-order valence-corrected chi connectivity index (χ3v) is 8.00. The Labute approximate surface area is 244 Å². The van der Waals surface area contributed by atoms with Crippen LogP contribution in [0.4, 0.5) is 4.79 Å². The molecule has 0 saturated carbocycles. The summed E-state index contributed by atoms with van der Waals surface area (Å²) in [4.78, 5) is 53.3. The van der Waals surface area contributed by atoms with Crippen LogP contribution < -0.4 is 10.1 Å². The Kier molecular flexibility index (Phi) is 13.0. The van der Waals surface area contributed by atoms with E-state index < -0.39 is 34.1 Å². The molecule has 1 N–H and O–H groups in total. The summed E-state index contributed by atoms with van der Waals surface area (Å²) >= 11 is 0. The second kappa shape index (κ2) is 15.2. The number of sulfonamides is 1. The van der Waals surface area contributed by atoms with Gasteiger partial charge in [0.05, 0.1) is 18.2 Å². The molecule has 11 nitrogen and oxygen atoms in total. The molecule has 0 spiro atoms. The topological polar surface area (TPSA) is 133 Å². The van der Waals surface area contributed by atoms with Gasteiger partial charge in [0.1, 0.15) is 11.8 Å². The number of hydrogen-bond acceptors (Lipinski definition) is 7. The molecule has 0 aliphatic carbocycles. The summed E-state index contributed by atoms with van der Waals surface area (Å²) in [5.74, 6) is -0.439. The molecule has 2 fully saturated rings. The number of benzene rings is 1. The fraction of sp³-hybridized carbons (Fsp3) is 0.621. The molecule has 2 aliphatic rings. The van der Waals surface area contributed by atoms with Gasteiger partial charge in [-0.3, -0.25) is 16.0 Å². The van der Waals surface area contributed by atoms with Crippen LogP contribution in [0.15, 0.2) is 24.3 Å². The quantitative estimate of drug-likeness (QED) is 0.398. The molecule has 3 amide bonds. The number of hydrogen-bond donors (Lipinski definition) is 1. The van der Waals surface area contributed by atoms with Gasteiger partial charge in [0.15, 0.2) is 5.78 Å². The Bertz CT molecular complexity index is 1180. The van der Waals surface area contributed by atoms with Crippen molar-refractivity contribution in [1.82, 2.24) is 19.4 Å². The molecular weight excluding hydrogens is 815 g/mol. The van der Waals surface area contributed by atoms with Gasteiger partial charge in [-0.05, 0) is 43.9 Å². The van der Waals surface area contributed by atoms with Gasteiger partial charge in [0.25, 0.3) is 0 Å². The molecule has 0 radical (unpaired) electrons. The molecule has 2 atom stereocenters. The molecule has 0 aromatic heterocycles. The van der Waals surface area contributed by atoms with Gasteiger partial charge >= 0.3 is 6.09 Å². The molecule has 2 aliphatic heterocycles. The number of Topliss-reactive ketones (excluding diaryl/α,β-unsaturated/α-hetero) is 1. The largest absolute Gasteiger partial charge is 0.415 e. The van der Waals surface area contributed by atoms with Crippen molar-refractivity contribution in [3.05, 3.63) is 36.2 Å². The molecule has 2 saturated heterocycles. The van der Waals surface area contributed by atoms with Crippen molar-refractivity contribution < 1.29 is 32.3 Å². The zero-order chi connectivity index (χ0) is 31.0. The first-order valence-corrected chi connectivity index (χ1v) is 16.0. The van der Waals surface area contributed by atoms with E-state index in [1.54, 1.807) is 40.5 Å². The Balaban J connectivity index is 0.00000288. The molecule has 0 bridgehead atoms. The van der Waals surface area contributed by atoms with Crippen LogP contribution in [0, 0.1) is 11.8 Å². The summed E-state index contributed by atoms with van der Waals surface area (Å²) in [5.41, 5.74) is 0.522. The summed E-state index contributed by atoms with van der Waals surface area (Å²) in [5, 5.41) is 2.71. The fourth-order valence-corrected chi connectivity index (χ4v) is 5.75. The van der Waals surface area contributed by atoms with Crippen LogP contribution in [0.2, 0.25) is 0 Å². The minimum Gasteiger partial charge on any atom is -0.410 e. The van der Waals surface area contributed by atoms with E-state index >= 15 is 0 Å².